The fraction of sp³-hybridized carbons (Fsp3) is 0.111. The fourth-order valence-corrected chi connectivity index (χ4v) is 3.14. The second-order valence-electron chi connectivity index (χ2n) is 5.30. The molecule has 138 valence electrons. The Morgan fingerprint density at radius 2 is 2.11 bits per heavy atom. The third-order valence-corrected chi connectivity index (χ3v) is 4.64. The van der Waals surface area contributed by atoms with Crippen molar-refractivity contribution in [2.75, 3.05) is 12.4 Å². The average Bonchev–Trinajstić information content (AvgIpc) is 3.09. The summed E-state index contributed by atoms with van der Waals surface area (Å²) in [5.41, 5.74) is 0.902. The van der Waals surface area contributed by atoms with Crippen molar-refractivity contribution in [1.29, 1.82) is 0 Å². The maximum absolute atomic E-state index is 12.3. The number of halogens is 1. The van der Waals surface area contributed by atoms with Gasteiger partial charge in [0.25, 0.3) is 5.91 Å². The number of rotatable bonds is 6. The van der Waals surface area contributed by atoms with Crippen LogP contribution in [0.3, 0.4) is 0 Å². The van der Waals surface area contributed by atoms with Crippen LogP contribution in [0, 0.1) is 0 Å². The number of thiazole rings is 1. The SMILES string of the molecule is COC(=O)Cc1csc(NC(=O)c2ccc(Oc3cccc(Br)c3)nc2)n1. The number of nitrogens with zero attached hydrogens (tertiary/aromatic N) is 2. The number of carbonyl (C=O) groups is 2. The van der Waals surface area contributed by atoms with Crippen molar-refractivity contribution >= 4 is 44.3 Å². The minimum atomic E-state index is -0.386. The largest absolute Gasteiger partial charge is 0.469 e. The lowest BCUT2D eigenvalue weighted by atomic mass is 10.2. The number of nitrogens with one attached hydrogen (secondary N) is 1. The summed E-state index contributed by atoms with van der Waals surface area (Å²) in [6.45, 7) is 0. The van der Waals surface area contributed by atoms with Gasteiger partial charge in [-0.3, -0.25) is 14.9 Å². The molecule has 1 N–H and O–H groups in total. The number of anilines is 1. The van der Waals surface area contributed by atoms with E-state index in [2.05, 4.69) is 36.0 Å². The summed E-state index contributed by atoms with van der Waals surface area (Å²) in [6, 6.07) is 10.6. The third-order valence-electron chi connectivity index (χ3n) is 3.34. The molecule has 9 heteroatoms. The molecule has 0 radical (unpaired) electrons. The van der Waals surface area contributed by atoms with Crippen LogP contribution < -0.4 is 10.1 Å². The van der Waals surface area contributed by atoms with Gasteiger partial charge >= 0.3 is 5.97 Å². The molecular formula is C18H14BrN3O4S. The second-order valence-corrected chi connectivity index (χ2v) is 7.07. The van der Waals surface area contributed by atoms with Crippen LogP contribution in [0.4, 0.5) is 5.13 Å². The van der Waals surface area contributed by atoms with Gasteiger partial charge in [0, 0.05) is 22.1 Å². The zero-order valence-corrected chi connectivity index (χ0v) is 16.5. The Balaban J connectivity index is 1.61. The van der Waals surface area contributed by atoms with Crippen molar-refractivity contribution in [2.45, 2.75) is 6.42 Å². The van der Waals surface area contributed by atoms with Crippen LogP contribution in [0.15, 0.2) is 52.4 Å². The standard InChI is InChI=1S/C18H14BrN3O4S/c1-25-16(23)8-13-10-27-18(21-13)22-17(24)11-5-6-15(20-9-11)26-14-4-2-3-12(19)7-14/h2-7,9-10H,8H2,1H3,(H,21,22,24). The number of amides is 1. The Morgan fingerprint density at radius 3 is 2.81 bits per heavy atom. The number of hydrogen-bond acceptors (Lipinski definition) is 7. The van der Waals surface area contributed by atoms with Crippen LogP contribution in [-0.4, -0.2) is 29.0 Å². The summed E-state index contributed by atoms with van der Waals surface area (Å²) >= 11 is 4.60. The first-order chi connectivity index (χ1) is 13.0. The maximum atomic E-state index is 12.3. The summed E-state index contributed by atoms with van der Waals surface area (Å²) in [5.74, 6) is 0.271. The molecule has 0 fully saturated rings. The van der Waals surface area contributed by atoms with E-state index in [1.807, 2.05) is 18.2 Å². The normalized spacial score (nSPS) is 10.3. The molecule has 2 heterocycles. The van der Waals surface area contributed by atoms with Gasteiger partial charge in [-0.25, -0.2) is 9.97 Å². The molecule has 0 aliphatic carbocycles. The summed E-state index contributed by atoms with van der Waals surface area (Å²) in [6.07, 6.45) is 1.48. The molecule has 0 bridgehead atoms. The first-order valence-electron chi connectivity index (χ1n) is 7.75. The Hall–Kier alpha value is -2.78. The van der Waals surface area contributed by atoms with Gasteiger partial charge in [0.1, 0.15) is 5.75 Å². The van der Waals surface area contributed by atoms with E-state index in [0.29, 0.717) is 28.0 Å². The third kappa shape index (κ3) is 5.35. The van der Waals surface area contributed by atoms with Crippen LogP contribution in [0.1, 0.15) is 16.1 Å². The Labute approximate surface area is 167 Å². The number of ether oxygens (including phenoxy) is 2. The molecule has 1 aromatic carbocycles. The predicted octanol–water partition coefficient (Wildman–Crippen LogP) is 4.06. The van der Waals surface area contributed by atoms with E-state index in [1.54, 1.807) is 23.6 Å². The molecule has 0 aliphatic heterocycles. The lowest BCUT2D eigenvalue weighted by Crippen LogP contribution is -2.12. The molecule has 0 atom stereocenters. The van der Waals surface area contributed by atoms with Gasteiger partial charge in [0.2, 0.25) is 5.88 Å². The second kappa shape index (κ2) is 8.74. The highest BCUT2D eigenvalue weighted by molar-refractivity contribution is 9.10. The number of pyridine rings is 1. The molecule has 3 aromatic rings. The number of esters is 1. The Bertz CT molecular complexity index is 959. The molecule has 3 rings (SSSR count). The highest BCUT2D eigenvalue weighted by Gasteiger charge is 2.12. The van der Waals surface area contributed by atoms with Crippen molar-refractivity contribution < 1.29 is 19.1 Å². The number of carbonyl (C=O) groups excluding carboxylic acids is 2. The molecule has 0 saturated carbocycles. The summed E-state index contributed by atoms with van der Waals surface area (Å²) in [7, 11) is 1.31. The monoisotopic (exact) mass is 447 g/mol. The molecule has 1 amide bonds. The van der Waals surface area contributed by atoms with E-state index in [4.69, 9.17) is 4.74 Å². The van der Waals surface area contributed by atoms with E-state index in [1.165, 1.54) is 24.6 Å². The zero-order valence-electron chi connectivity index (χ0n) is 14.1. The quantitative estimate of drug-likeness (QED) is 0.572. The lowest BCUT2D eigenvalue weighted by molar-refractivity contribution is -0.139. The Morgan fingerprint density at radius 1 is 1.26 bits per heavy atom. The molecule has 0 saturated heterocycles. The van der Waals surface area contributed by atoms with Gasteiger partial charge in [0.15, 0.2) is 5.13 Å². The van der Waals surface area contributed by atoms with Gasteiger partial charge in [-0.05, 0) is 24.3 Å². The van der Waals surface area contributed by atoms with E-state index < -0.39 is 0 Å². The topological polar surface area (TPSA) is 90.4 Å². The van der Waals surface area contributed by atoms with Gasteiger partial charge < -0.3 is 9.47 Å². The van der Waals surface area contributed by atoms with Crippen LogP contribution in [0.2, 0.25) is 0 Å². The van der Waals surface area contributed by atoms with E-state index >= 15 is 0 Å². The highest BCUT2D eigenvalue weighted by atomic mass is 79.9. The Kier molecular flexibility index (Phi) is 6.15. The van der Waals surface area contributed by atoms with Crippen molar-refractivity contribution in [3.05, 3.63) is 63.7 Å². The molecule has 0 aliphatic rings. The highest BCUT2D eigenvalue weighted by Crippen LogP contribution is 2.23. The van der Waals surface area contributed by atoms with E-state index in [9.17, 15) is 9.59 Å². The first-order valence-corrected chi connectivity index (χ1v) is 9.43. The maximum Gasteiger partial charge on any atom is 0.311 e. The smallest absolute Gasteiger partial charge is 0.311 e. The van der Waals surface area contributed by atoms with Crippen LogP contribution in [0.25, 0.3) is 0 Å². The van der Waals surface area contributed by atoms with E-state index in [0.717, 1.165) is 4.47 Å². The molecule has 7 nitrogen and oxygen atoms in total. The number of hydrogen-bond donors (Lipinski definition) is 1. The predicted molar refractivity (Wildman–Crippen MR) is 104 cm³/mol. The van der Waals surface area contributed by atoms with Crippen LogP contribution >= 0.6 is 27.3 Å². The van der Waals surface area contributed by atoms with Gasteiger partial charge in [-0.2, -0.15) is 0 Å². The zero-order chi connectivity index (χ0) is 19.2. The van der Waals surface area contributed by atoms with Crippen molar-refractivity contribution in [2.24, 2.45) is 0 Å². The van der Waals surface area contributed by atoms with Crippen LogP contribution in [0.5, 0.6) is 11.6 Å². The van der Waals surface area contributed by atoms with Gasteiger partial charge in [0.05, 0.1) is 24.8 Å². The molecular weight excluding hydrogens is 434 g/mol. The molecule has 2 aromatic heterocycles. The summed E-state index contributed by atoms with van der Waals surface area (Å²) < 4.78 is 11.1. The summed E-state index contributed by atoms with van der Waals surface area (Å²) in [5, 5.41) is 4.77. The first kappa shape index (κ1) is 19.0. The minimum absolute atomic E-state index is 0.0616. The van der Waals surface area contributed by atoms with Gasteiger partial charge in [-0.1, -0.05) is 22.0 Å². The number of aromatic nitrogens is 2. The van der Waals surface area contributed by atoms with Crippen molar-refractivity contribution in [1.82, 2.24) is 9.97 Å². The van der Waals surface area contributed by atoms with E-state index in [-0.39, 0.29) is 18.3 Å². The molecule has 27 heavy (non-hydrogen) atoms. The van der Waals surface area contributed by atoms with Gasteiger partial charge in [-0.15, -0.1) is 11.3 Å². The molecule has 0 spiro atoms. The molecule has 0 unspecified atom stereocenters. The summed E-state index contributed by atoms with van der Waals surface area (Å²) in [4.78, 5) is 31.9. The van der Waals surface area contributed by atoms with Crippen molar-refractivity contribution in [3.8, 4) is 11.6 Å². The minimum Gasteiger partial charge on any atom is -0.469 e. The average molecular weight is 448 g/mol. The van der Waals surface area contributed by atoms with Crippen LogP contribution in [-0.2, 0) is 16.0 Å². The van der Waals surface area contributed by atoms with Crippen molar-refractivity contribution in [3.63, 3.8) is 0 Å². The number of benzene rings is 1. The number of methoxy groups -OCH3 is 1. The fourth-order valence-electron chi connectivity index (χ4n) is 2.06. The lowest BCUT2D eigenvalue weighted by Gasteiger charge is -2.06.